The minimum Gasteiger partial charge on any atom is -0.387 e. The predicted molar refractivity (Wildman–Crippen MR) is 59.1 cm³/mol. The maximum Gasteiger partial charge on any atom is 0.0938 e. The van der Waals surface area contributed by atoms with Gasteiger partial charge < -0.3 is 10.6 Å². The molecule has 13 heavy (non-hydrogen) atoms. The van der Waals surface area contributed by atoms with E-state index in [0.717, 1.165) is 18.8 Å². The predicted octanol–water partition coefficient (Wildman–Crippen LogP) is 1.34. The molecule has 0 aliphatic rings. The van der Waals surface area contributed by atoms with Crippen LogP contribution in [-0.4, -0.2) is 37.4 Å². The number of nitrogens with two attached hydrogens (primary N) is 1. The molecule has 78 valence electrons. The number of likely N-dealkylation sites (N-methyl/N-ethyl adjacent to an activating group) is 1. The Bertz CT molecular complexity index is 162. The monoisotopic (exact) mass is 185 g/mol. The van der Waals surface area contributed by atoms with Gasteiger partial charge in [0.25, 0.3) is 0 Å². The fourth-order valence-corrected chi connectivity index (χ4v) is 1.08. The van der Waals surface area contributed by atoms with Crippen LogP contribution in [0.2, 0.25) is 0 Å². The highest BCUT2D eigenvalue weighted by Gasteiger charge is 2.12. The smallest absolute Gasteiger partial charge is 0.0938 e. The van der Waals surface area contributed by atoms with Gasteiger partial charge in [0.1, 0.15) is 0 Å². The molecule has 3 heteroatoms. The summed E-state index contributed by atoms with van der Waals surface area (Å²) in [5.74, 6) is 1.31. The number of amidine groups is 1. The average molecular weight is 185 g/mol. The second-order valence-corrected chi connectivity index (χ2v) is 4.05. The third-order valence-electron chi connectivity index (χ3n) is 2.02. The van der Waals surface area contributed by atoms with Crippen molar-refractivity contribution in [2.24, 2.45) is 16.6 Å². The molecule has 2 N–H and O–H groups in total. The van der Waals surface area contributed by atoms with E-state index in [1.165, 1.54) is 0 Å². The Hall–Kier alpha value is -0.570. The third-order valence-corrected chi connectivity index (χ3v) is 2.02. The molecule has 0 rings (SSSR count). The molecule has 0 aliphatic carbocycles. The van der Waals surface area contributed by atoms with E-state index in [1.807, 2.05) is 6.92 Å². The van der Waals surface area contributed by atoms with E-state index < -0.39 is 0 Å². The first kappa shape index (κ1) is 12.4. The lowest BCUT2D eigenvalue weighted by Gasteiger charge is -2.21. The maximum atomic E-state index is 5.72. The van der Waals surface area contributed by atoms with Crippen LogP contribution >= 0.6 is 0 Å². The number of nitrogens with zero attached hydrogens (tertiary/aromatic N) is 2. The molecule has 0 saturated heterocycles. The molecule has 0 spiro atoms. The molecule has 0 saturated carbocycles. The van der Waals surface area contributed by atoms with Gasteiger partial charge in [-0.05, 0) is 20.0 Å². The highest BCUT2D eigenvalue weighted by atomic mass is 15.1. The van der Waals surface area contributed by atoms with Gasteiger partial charge in [-0.2, -0.15) is 0 Å². The molecule has 3 nitrogen and oxygen atoms in total. The third kappa shape index (κ3) is 5.64. The van der Waals surface area contributed by atoms with Crippen molar-refractivity contribution in [1.29, 1.82) is 0 Å². The van der Waals surface area contributed by atoms with Gasteiger partial charge in [0.2, 0.25) is 0 Å². The zero-order valence-corrected chi connectivity index (χ0v) is 9.54. The Morgan fingerprint density at radius 3 is 2.23 bits per heavy atom. The lowest BCUT2D eigenvalue weighted by molar-refractivity contribution is 0.332. The zero-order valence-electron chi connectivity index (χ0n) is 9.54. The van der Waals surface area contributed by atoms with E-state index in [9.17, 15) is 0 Å². The van der Waals surface area contributed by atoms with Crippen LogP contribution in [0.5, 0.6) is 0 Å². The summed E-state index contributed by atoms with van der Waals surface area (Å²) < 4.78 is 0. The van der Waals surface area contributed by atoms with Gasteiger partial charge in [0.15, 0.2) is 0 Å². The van der Waals surface area contributed by atoms with Crippen molar-refractivity contribution in [3.63, 3.8) is 0 Å². The summed E-state index contributed by atoms with van der Waals surface area (Å²) in [6.45, 7) is 7.37. The summed E-state index contributed by atoms with van der Waals surface area (Å²) in [5.41, 5.74) is 5.72. The fourth-order valence-electron chi connectivity index (χ4n) is 1.08. The summed E-state index contributed by atoms with van der Waals surface area (Å²) >= 11 is 0. The lowest BCUT2D eigenvalue weighted by atomic mass is 10.0. The van der Waals surface area contributed by atoms with E-state index in [1.54, 1.807) is 0 Å². The molecule has 0 aromatic carbocycles. The van der Waals surface area contributed by atoms with Crippen molar-refractivity contribution >= 4 is 5.84 Å². The van der Waals surface area contributed by atoms with E-state index in [4.69, 9.17) is 5.73 Å². The molecule has 0 aromatic heterocycles. The molecular weight excluding hydrogens is 162 g/mol. The molecule has 0 aliphatic heterocycles. The van der Waals surface area contributed by atoms with Crippen LogP contribution in [0.15, 0.2) is 4.99 Å². The molecular formula is C10H23N3. The molecule has 1 unspecified atom stereocenters. The van der Waals surface area contributed by atoms with Crippen molar-refractivity contribution in [2.45, 2.75) is 33.2 Å². The van der Waals surface area contributed by atoms with Gasteiger partial charge in [-0.1, -0.05) is 20.8 Å². The molecule has 0 heterocycles. The zero-order chi connectivity index (χ0) is 10.4. The number of rotatable bonds is 5. The van der Waals surface area contributed by atoms with E-state index in [2.05, 4.69) is 37.8 Å². The van der Waals surface area contributed by atoms with Crippen LogP contribution in [0.25, 0.3) is 0 Å². The van der Waals surface area contributed by atoms with Gasteiger partial charge in [-0.15, -0.1) is 0 Å². The highest BCUT2D eigenvalue weighted by molar-refractivity contribution is 5.80. The molecule has 0 bridgehead atoms. The summed E-state index contributed by atoms with van der Waals surface area (Å²) in [4.78, 5) is 6.64. The van der Waals surface area contributed by atoms with Gasteiger partial charge in [0.05, 0.1) is 11.9 Å². The SMILES string of the molecule is CCC(N)=NC(CN(C)C)C(C)C. The quantitative estimate of drug-likeness (QED) is 0.519. The molecule has 0 amide bonds. The maximum absolute atomic E-state index is 5.72. The highest BCUT2D eigenvalue weighted by Crippen LogP contribution is 2.07. The number of hydrogen-bond donors (Lipinski definition) is 1. The average Bonchev–Trinajstić information content (AvgIpc) is 2.02. The lowest BCUT2D eigenvalue weighted by Crippen LogP contribution is -2.30. The van der Waals surface area contributed by atoms with Crippen LogP contribution in [0.3, 0.4) is 0 Å². The van der Waals surface area contributed by atoms with Gasteiger partial charge in [0, 0.05) is 13.0 Å². The number of hydrogen-bond acceptors (Lipinski definition) is 2. The van der Waals surface area contributed by atoms with Crippen molar-refractivity contribution in [1.82, 2.24) is 4.90 Å². The molecule has 0 aromatic rings. The van der Waals surface area contributed by atoms with E-state index >= 15 is 0 Å². The second-order valence-electron chi connectivity index (χ2n) is 4.05. The first-order valence-electron chi connectivity index (χ1n) is 4.94. The summed E-state index contributed by atoms with van der Waals surface area (Å²) in [6.07, 6.45) is 0.844. The minimum atomic E-state index is 0.329. The Kier molecular flexibility index (Phi) is 5.71. The van der Waals surface area contributed by atoms with Crippen LogP contribution in [0.1, 0.15) is 27.2 Å². The minimum absolute atomic E-state index is 0.329. The Morgan fingerprint density at radius 1 is 1.38 bits per heavy atom. The van der Waals surface area contributed by atoms with E-state index in [-0.39, 0.29) is 0 Å². The standard InChI is InChI=1S/C10H23N3/c1-6-10(11)12-9(8(2)3)7-13(4)5/h8-9H,6-7H2,1-5H3,(H2,11,12). The first-order valence-corrected chi connectivity index (χ1v) is 4.94. The van der Waals surface area contributed by atoms with Crippen LogP contribution in [0.4, 0.5) is 0 Å². The normalized spacial score (nSPS) is 15.5. The van der Waals surface area contributed by atoms with Gasteiger partial charge in [-0.3, -0.25) is 4.99 Å². The van der Waals surface area contributed by atoms with Crippen molar-refractivity contribution < 1.29 is 0 Å². The largest absolute Gasteiger partial charge is 0.387 e. The van der Waals surface area contributed by atoms with Crippen molar-refractivity contribution in [3.05, 3.63) is 0 Å². The van der Waals surface area contributed by atoms with Crippen LogP contribution in [0, 0.1) is 5.92 Å². The summed E-state index contributed by atoms with van der Waals surface area (Å²) in [7, 11) is 4.13. The van der Waals surface area contributed by atoms with Crippen LogP contribution < -0.4 is 5.73 Å². The number of aliphatic imine (C=N–C) groups is 1. The molecule has 0 fully saturated rings. The van der Waals surface area contributed by atoms with Crippen LogP contribution in [-0.2, 0) is 0 Å². The first-order chi connectivity index (χ1) is 5.97. The summed E-state index contributed by atoms with van der Waals surface area (Å²) in [5, 5.41) is 0. The molecule has 0 radical (unpaired) electrons. The molecule has 1 atom stereocenters. The van der Waals surface area contributed by atoms with Gasteiger partial charge in [-0.25, -0.2) is 0 Å². The van der Waals surface area contributed by atoms with E-state index in [0.29, 0.717) is 12.0 Å². The second kappa shape index (κ2) is 5.97. The summed E-state index contributed by atoms with van der Waals surface area (Å²) in [6, 6.07) is 0.329. The van der Waals surface area contributed by atoms with Gasteiger partial charge >= 0.3 is 0 Å². The Labute approximate surface area is 82.0 Å². The van der Waals surface area contributed by atoms with Crippen molar-refractivity contribution in [3.8, 4) is 0 Å². The van der Waals surface area contributed by atoms with Crippen molar-refractivity contribution in [2.75, 3.05) is 20.6 Å². The fraction of sp³-hybridized carbons (Fsp3) is 0.900. The Balaban J connectivity index is 4.26. The topological polar surface area (TPSA) is 41.6 Å². The Morgan fingerprint density at radius 2 is 1.92 bits per heavy atom.